The predicted molar refractivity (Wildman–Crippen MR) is 65.8 cm³/mol. The van der Waals surface area contributed by atoms with E-state index in [1.54, 1.807) is 12.1 Å². The van der Waals surface area contributed by atoms with Gasteiger partial charge in [-0.25, -0.2) is 13.6 Å². The normalized spacial score (nSPS) is 13.7. The quantitative estimate of drug-likeness (QED) is 0.840. The van der Waals surface area contributed by atoms with E-state index >= 15 is 0 Å². The number of rotatable bonds is 5. The van der Waals surface area contributed by atoms with Crippen molar-refractivity contribution in [3.05, 3.63) is 34.9 Å². The molecule has 0 fully saturated rings. The molecule has 1 atom stereocenters. The fourth-order valence-corrected chi connectivity index (χ4v) is 1.82. The maximum atomic E-state index is 10.7. The number of halogens is 1. The van der Waals surface area contributed by atoms with Crippen molar-refractivity contribution < 1.29 is 8.42 Å². The Morgan fingerprint density at radius 3 is 2.44 bits per heavy atom. The minimum absolute atomic E-state index is 0.0646. The lowest BCUT2D eigenvalue weighted by Gasteiger charge is -2.13. The molecule has 0 amide bonds. The molecule has 1 unspecified atom stereocenters. The second kappa shape index (κ2) is 5.63. The third-order valence-electron chi connectivity index (χ3n) is 2.21. The lowest BCUT2D eigenvalue weighted by molar-refractivity contribution is 0.573. The van der Waals surface area contributed by atoms with Crippen molar-refractivity contribution in [1.82, 2.24) is 5.32 Å². The molecule has 0 aliphatic carbocycles. The summed E-state index contributed by atoms with van der Waals surface area (Å²) in [7, 11) is -3.39. The molecule has 6 heteroatoms. The summed E-state index contributed by atoms with van der Waals surface area (Å²) in [4.78, 5) is 0. The number of primary sulfonamides is 1. The first-order valence-electron chi connectivity index (χ1n) is 4.88. The van der Waals surface area contributed by atoms with Crippen molar-refractivity contribution in [2.75, 3.05) is 12.3 Å². The summed E-state index contributed by atoms with van der Waals surface area (Å²) in [6, 6.07) is 7.47. The Bertz CT molecular complexity index is 431. The molecule has 3 N–H and O–H groups in total. The van der Waals surface area contributed by atoms with Crippen molar-refractivity contribution in [3.63, 3.8) is 0 Å². The van der Waals surface area contributed by atoms with Crippen LogP contribution in [0.3, 0.4) is 0 Å². The Morgan fingerprint density at radius 2 is 1.94 bits per heavy atom. The zero-order chi connectivity index (χ0) is 12.2. The Kier molecular flexibility index (Phi) is 4.73. The van der Waals surface area contributed by atoms with E-state index in [0.717, 1.165) is 5.56 Å². The first-order chi connectivity index (χ1) is 7.38. The molecule has 0 aliphatic rings. The van der Waals surface area contributed by atoms with Crippen LogP contribution >= 0.6 is 11.6 Å². The van der Waals surface area contributed by atoms with Crippen LogP contribution in [0, 0.1) is 0 Å². The first-order valence-corrected chi connectivity index (χ1v) is 6.97. The van der Waals surface area contributed by atoms with Gasteiger partial charge in [0.1, 0.15) is 0 Å². The zero-order valence-corrected chi connectivity index (χ0v) is 10.6. The largest absolute Gasteiger partial charge is 0.309 e. The number of nitrogens with two attached hydrogens (primary N) is 1. The fourth-order valence-electron chi connectivity index (χ4n) is 1.29. The highest BCUT2D eigenvalue weighted by Gasteiger charge is 2.06. The molecule has 90 valence electrons. The molecule has 0 saturated heterocycles. The number of sulfonamides is 1. The second-order valence-electron chi connectivity index (χ2n) is 3.59. The van der Waals surface area contributed by atoms with E-state index in [1.165, 1.54) is 0 Å². The Hall–Kier alpha value is -0.620. The summed E-state index contributed by atoms with van der Waals surface area (Å²) in [5.74, 6) is -0.0646. The molecule has 1 rings (SSSR count). The van der Waals surface area contributed by atoms with Crippen molar-refractivity contribution >= 4 is 21.6 Å². The minimum atomic E-state index is -3.39. The van der Waals surface area contributed by atoms with Gasteiger partial charge in [0.05, 0.1) is 5.75 Å². The molecule has 1 aromatic carbocycles. The maximum absolute atomic E-state index is 10.7. The molecule has 0 spiro atoms. The Balaban J connectivity index is 2.47. The number of hydrogen-bond acceptors (Lipinski definition) is 3. The lowest BCUT2D eigenvalue weighted by atomic mass is 10.1. The Morgan fingerprint density at radius 1 is 1.38 bits per heavy atom. The number of nitrogens with one attached hydrogen (secondary N) is 1. The smallest absolute Gasteiger partial charge is 0.210 e. The molecule has 0 radical (unpaired) electrons. The van der Waals surface area contributed by atoms with E-state index in [1.807, 2.05) is 19.1 Å². The van der Waals surface area contributed by atoms with Gasteiger partial charge in [0.25, 0.3) is 0 Å². The van der Waals surface area contributed by atoms with Crippen LogP contribution in [0.25, 0.3) is 0 Å². The van der Waals surface area contributed by atoms with E-state index in [-0.39, 0.29) is 11.8 Å². The highest BCUT2D eigenvalue weighted by molar-refractivity contribution is 7.89. The molecule has 0 aliphatic heterocycles. The molecule has 4 nitrogen and oxygen atoms in total. The van der Waals surface area contributed by atoms with Crippen LogP contribution in [-0.4, -0.2) is 20.7 Å². The van der Waals surface area contributed by atoms with Crippen molar-refractivity contribution in [1.29, 1.82) is 0 Å². The highest BCUT2D eigenvalue weighted by Crippen LogP contribution is 2.15. The van der Waals surface area contributed by atoms with Crippen LogP contribution in [0.15, 0.2) is 24.3 Å². The first kappa shape index (κ1) is 13.4. The van der Waals surface area contributed by atoms with Gasteiger partial charge in [-0.15, -0.1) is 0 Å². The summed E-state index contributed by atoms with van der Waals surface area (Å²) < 4.78 is 21.4. The van der Waals surface area contributed by atoms with Gasteiger partial charge in [-0.2, -0.15) is 0 Å². The third kappa shape index (κ3) is 4.94. The van der Waals surface area contributed by atoms with Gasteiger partial charge in [-0.05, 0) is 24.6 Å². The standard InChI is InChI=1S/C10H15ClN2O2S/c1-8(13-6-7-16(12,14)15)9-2-4-10(11)5-3-9/h2-5,8,13H,6-7H2,1H3,(H2,12,14,15). The predicted octanol–water partition coefficient (Wildman–Crippen LogP) is 1.28. The summed E-state index contributed by atoms with van der Waals surface area (Å²) in [5.41, 5.74) is 1.05. The molecule has 0 aromatic heterocycles. The molecule has 1 aromatic rings. The number of benzene rings is 1. The third-order valence-corrected chi connectivity index (χ3v) is 3.23. The molecule has 0 bridgehead atoms. The van der Waals surface area contributed by atoms with E-state index in [9.17, 15) is 8.42 Å². The van der Waals surface area contributed by atoms with E-state index in [0.29, 0.717) is 11.6 Å². The average molecular weight is 263 g/mol. The molecular formula is C10H15ClN2O2S. The topological polar surface area (TPSA) is 72.2 Å². The van der Waals surface area contributed by atoms with E-state index < -0.39 is 10.0 Å². The van der Waals surface area contributed by atoms with Gasteiger partial charge < -0.3 is 5.32 Å². The van der Waals surface area contributed by atoms with Gasteiger partial charge in [0, 0.05) is 17.6 Å². The van der Waals surface area contributed by atoms with E-state index in [4.69, 9.17) is 16.7 Å². The van der Waals surface area contributed by atoms with Crippen LogP contribution in [-0.2, 0) is 10.0 Å². The summed E-state index contributed by atoms with van der Waals surface area (Å²) in [6.45, 7) is 2.29. The van der Waals surface area contributed by atoms with Crippen LogP contribution in [0.4, 0.5) is 0 Å². The minimum Gasteiger partial charge on any atom is -0.309 e. The van der Waals surface area contributed by atoms with Gasteiger partial charge >= 0.3 is 0 Å². The van der Waals surface area contributed by atoms with Crippen LogP contribution < -0.4 is 10.5 Å². The monoisotopic (exact) mass is 262 g/mol. The number of hydrogen-bond donors (Lipinski definition) is 2. The van der Waals surface area contributed by atoms with Gasteiger partial charge in [-0.1, -0.05) is 23.7 Å². The van der Waals surface area contributed by atoms with Crippen molar-refractivity contribution in [2.24, 2.45) is 5.14 Å². The fraction of sp³-hybridized carbons (Fsp3) is 0.400. The van der Waals surface area contributed by atoms with Crippen molar-refractivity contribution in [3.8, 4) is 0 Å². The summed E-state index contributed by atoms with van der Waals surface area (Å²) in [5, 5.41) is 8.65. The Labute approximate surface area is 101 Å². The van der Waals surface area contributed by atoms with Crippen LogP contribution in [0.5, 0.6) is 0 Å². The second-order valence-corrected chi connectivity index (χ2v) is 5.76. The van der Waals surface area contributed by atoms with E-state index in [2.05, 4.69) is 5.32 Å². The van der Waals surface area contributed by atoms with Gasteiger partial charge in [0.15, 0.2) is 0 Å². The van der Waals surface area contributed by atoms with Gasteiger partial charge in [-0.3, -0.25) is 0 Å². The molecule has 16 heavy (non-hydrogen) atoms. The zero-order valence-electron chi connectivity index (χ0n) is 8.98. The lowest BCUT2D eigenvalue weighted by Crippen LogP contribution is -2.28. The molecular weight excluding hydrogens is 248 g/mol. The van der Waals surface area contributed by atoms with Crippen LogP contribution in [0.1, 0.15) is 18.5 Å². The van der Waals surface area contributed by atoms with Crippen LogP contribution in [0.2, 0.25) is 5.02 Å². The molecule has 0 saturated carbocycles. The SMILES string of the molecule is CC(NCCS(N)(=O)=O)c1ccc(Cl)cc1. The summed E-state index contributed by atoms with van der Waals surface area (Å²) >= 11 is 5.76. The van der Waals surface area contributed by atoms with Gasteiger partial charge in [0.2, 0.25) is 10.0 Å². The summed E-state index contributed by atoms with van der Waals surface area (Å²) in [6.07, 6.45) is 0. The van der Waals surface area contributed by atoms with Crippen molar-refractivity contribution in [2.45, 2.75) is 13.0 Å². The highest BCUT2D eigenvalue weighted by atomic mass is 35.5. The maximum Gasteiger partial charge on any atom is 0.210 e. The molecule has 0 heterocycles. The average Bonchev–Trinajstić information content (AvgIpc) is 2.16.